The Hall–Kier alpha value is -0.140. The highest BCUT2D eigenvalue weighted by Gasteiger charge is 2.67. The van der Waals surface area contributed by atoms with E-state index in [0.29, 0.717) is 44.1 Å². The van der Waals surface area contributed by atoms with Crippen molar-refractivity contribution in [2.75, 3.05) is 6.16 Å². The van der Waals surface area contributed by atoms with Crippen LogP contribution < -0.4 is 0 Å². The van der Waals surface area contributed by atoms with Crippen LogP contribution in [0.25, 0.3) is 0 Å². The van der Waals surface area contributed by atoms with Crippen molar-refractivity contribution in [1.82, 2.24) is 0 Å². The van der Waals surface area contributed by atoms with Gasteiger partial charge in [0.2, 0.25) is 0 Å². The van der Waals surface area contributed by atoms with Crippen LogP contribution in [0.2, 0.25) is 0 Å². The highest BCUT2D eigenvalue weighted by Crippen LogP contribution is 2.66. The van der Waals surface area contributed by atoms with Gasteiger partial charge in [-0.3, -0.25) is 4.79 Å². The molecule has 4 bridgehead atoms. The lowest BCUT2D eigenvalue weighted by molar-refractivity contribution is -0.271. The van der Waals surface area contributed by atoms with Gasteiger partial charge >= 0.3 is 5.97 Å². The average Bonchev–Trinajstić information content (AvgIpc) is 2.54. The van der Waals surface area contributed by atoms with Gasteiger partial charge in [0.25, 0.3) is 0 Å². The van der Waals surface area contributed by atoms with Crippen LogP contribution in [-0.4, -0.2) is 33.6 Å². The van der Waals surface area contributed by atoms with Gasteiger partial charge < -0.3 is 9.84 Å². The zero-order valence-electron chi connectivity index (χ0n) is 17.2. The van der Waals surface area contributed by atoms with Gasteiger partial charge in [-0.25, -0.2) is 0 Å². The molecule has 4 aliphatic rings. The number of aliphatic hydroxyl groups is 1. The van der Waals surface area contributed by atoms with Crippen LogP contribution in [0.5, 0.6) is 0 Å². The molecule has 4 saturated carbocycles. The minimum absolute atomic E-state index is 0.00474. The monoisotopic (exact) mass is 380 g/mol. The van der Waals surface area contributed by atoms with Crippen LogP contribution in [0.4, 0.5) is 0 Å². The topological polar surface area (TPSA) is 46.5 Å². The molecule has 9 unspecified atom stereocenters. The van der Waals surface area contributed by atoms with Crippen molar-refractivity contribution in [1.29, 1.82) is 0 Å². The van der Waals surface area contributed by atoms with Gasteiger partial charge in [0, 0.05) is 5.92 Å². The maximum Gasteiger partial charge on any atom is 0.316 e. The molecule has 4 rings (SSSR count). The summed E-state index contributed by atoms with van der Waals surface area (Å²) in [6, 6.07) is 0. The molecule has 0 aromatic heterocycles. The standard InChI is InChI=1S/C22H37O3P/c1-6-26-20(4,5)19(23)25-22-12-16-7-13(2)21(24)11-15(8-14(22)3)10-18(22)17(21)9-16/h13-18,24,26H,6-12H2,1-5H3. The molecule has 0 aliphatic heterocycles. The molecule has 4 aliphatic carbocycles. The van der Waals surface area contributed by atoms with Crippen molar-refractivity contribution >= 4 is 14.6 Å². The Morgan fingerprint density at radius 1 is 1.08 bits per heavy atom. The molecule has 148 valence electrons. The van der Waals surface area contributed by atoms with Crippen LogP contribution in [0.1, 0.15) is 73.1 Å². The molecule has 26 heavy (non-hydrogen) atoms. The van der Waals surface area contributed by atoms with E-state index in [-0.39, 0.29) is 16.7 Å². The predicted molar refractivity (Wildman–Crippen MR) is 107 cm³/mol. The number of hydrogen-bond acceptors (Lipinski definition) is 3. The molecule has 0 saturated heterocycles. The SMILES string of the molecule is CCPC(C)(C)C(=O)OC12CC3CC(C)C4(O)CC(CC1C)CC2C4C3. The van der Waals surface area contributed by atoms with Gasteiger partial charge in [0.1, 0.15) is 5.60 Å². The Bertz CT molecular complexity index is 590. The fourth-order valence-electron chi connectivity index (χ4n) is 7.45. The second-order valence-electron chi connectivity index (χ2n) is 10.6. The first-order valence-corrected chi connectivity index (χ1v) is 12.0. The van der Waals surface area contributed by atoms with E-state index in [4.69, 9.17) is 4.74 Å². The summed E-state index contributed by atoms with van der Waals surface area (Å²) in [5.41, 5.74) is -0.853. The molecule has 1 N–H and O–H groups in total. The molecular formula is C22H37O3P. The van der Waals surface area contributed by atoms with Gasteiger partial charge in [0.05, 0.1) is 10.8 Å². The number of carbonyl (C=O) groups excluding carboxylic acids is 1. The molecule has 3 nitrogen and oxygen atoms in total. The third-order valence-corrected chi connectivity index (χ3v) is 10.1. The molecule has 4 fully saturated rings. The van der Waals surface area contributed by atoms with Crippen molar-refractivity contribution in [3.05, 3.63) is 0 Å². The number of ether oxygens (including phenoxy) is 1. The molecule has 0 heterocycles. The molecule has 0 radical (unpaired) electrons. The fourth-order valence-corrected chi connectivity index (χ4v) is 8.53. The lowest BCUT2D eigenvalue weighted by atomic mass is 9.42. The maximum absolute atomic E-state index is 13.2. The van der Waals surface area contributed by atoms with E-state index in [1.165, 1.54) is 0 Å². The van der Waals surface area contributed by atoms with E-state index in [1.54, 1.807) is 0 Å². The minimum Gasteiger partial charge on any atom is -0.458 e. The summed E-state index contributed by atoms with van der Waals surface area (Å²) >= 11 is 0. The lowest BCUT2D eigenvalue weighted by Gasteiger charge is -2.67. The second-order valence-corrected chi connectivity index (χ2v) is 12.9. The number of rotatable bonds is 4. The van der Waals surface area contributed by atoms with Crippen LogP contribution in [0.15, 0.2) is 0 Å². The summed E-state index contributed by atoms with van der Waals surface area (Å²) < 4.78 is 6.55. The third-order valence-electron chi connectivity index (χ3n) is 8.63. The number of carbonyl (C=O) groups is 1. The van der Waals surface area contributed by atoms with Crippen molar-refractivity contribution in [3.63, 3.8) is 0 Å². The number of hydrogen-bond donors (Lipinski definition) is 1. The molecule has 0 aromatic rings. The zero-order valence-corrected chi connectivity index (χ0v) is 18.2. The van der Waals surface area contributed by atoms with E-state index >= 15 is 0 Å². The van der Waals surface area contributed by atoms with Crippen LogP contribution >= 0.6 is 8.58 Å². The molecule has 0 aromatic carbocycles. The maximum atomic E-state index is 13.2. The van der Waals surface area contributed by atoms with E-state index < -0.39 is 5.60 Å². The summed E-state index contributed by atoms with van der Waals surface area (Å²) in [6.07, 6.45) is 7.52. The molecular weight excluding hydrogens is 343 g/mol. The van der Waals surface area contributed by atoms with Gasteiger partial charge in [-0.15, -0.1) is 8.58 Å². The van der Waals surface area contributed by atoms with Crippen molar-refractivity contribution in [2.24, 2.45) is 35.5 Å². The average molecular weight is 381 g/mol. The predicted octanol–water partition coefficient (Wildman–Crippen LogP) is 4.61. The van der Waals surface area contributed by atoms with Crippen LogP contribution in [-0.2, 0) is 9.53 Å². The lowest BCUT2D eigenvalue weighted by Crippen LogP contribution is -2.69. The first-order chi connectivity index (χ1) is 12.1. The Labute approximate surface area is 160 Å². The quantitative estimate of drug-likeness (QED) is 0.572. The Kier molecular flexibility index (Phi) is 4.56. The van der Waals surface area contributed by atoms with Crippen molar-refractivity contribution in [3.8, 4) is 0 Å². The van der Waals surface area contributed by atoms with E-state index in [2.05, 4.69) is 20.8 Å². The molecule has 0 amide bonds. The summed E-state index contributed by atoms with van der Waals surface area (Å²) in [4.78, 5) is 13.2. The smallest absolute Gasteiger partial charge is 0.316 e. The van der Waals surface area contributed by atoms with Gasteiger partial charge in [-0.2, -0.15) is 0 Å². The number of esters is 1. The summed E-state index contributed by atoms with van der Waals surface area (Å²) in [5.74, 6) is 2.70. The second kappa shape index (κ2) is 6.18. The highest BCUT2D eigenvalue weighted by molar-refractivity contribution is 7.41. The van der Waals surface area contributed by atoms with E-state index in [1.807, 2.05) is 13.8 Å². The highest BCUT2D eigenvalue weighted by atomic mass is 31.1. The third kappa shape index (κ3) is 2.63. The summed E-state index contributed by atoms with van der Waals surface area (Å²) in [6.45, 7) is 10.8. The fraction of sp³-hybridized carbons (Fsp3) is 0.955. The zero-order chi connectivity index (χ0) is 18.9. The van der Waals surface area contributed by atoms with E-state index in [0.717, 1.165) is 44.7 Å². The summed E-state index contributed by atoms with van der Waals surface area (Å²) in [5, 5.41) is 11.3. The minimum atomic E-state index is -0.525. The van der Waals surface area contributed by atoms with Gasteiger partial charge in [-0.1, -0.05) is 20.8 Å². The van der Waals surface area contributed by atoms with Crippen LogP contribution in [0.3, 0.4) is 0 Å². The van der Waals surface area contributed by atoms with Crippen LogP contribution in [0, 0.1) is 35.5 Å². The Morgan fingerprint density at radius 3 is 2.38 bits per heavy atom. The Morgan fingerprint density at radius 2 is 1.69 bits per heavy atom. The van der Waals surface area contributed by atoms with Crippen molar-refractivity contribution in [2.45, 2.75) is 89.5 Å². The molecule has 9 atom stereocenters. The number of fused-ring (bicyclic) bond motifs is 2. The first kappa shape index (κ1) is 19.2. The van der Waals surface area contributed by atoms with E-state index in [9.17, 15) is 9.90 Å². The largest absolute Gasteiger partial charge is 0.458 e. The molecule has 4 heteroatoms. The molecule has 0 spiro atoms. The first-order valence-electron chi connectivity index (χ1n) is 10.8. The van der Waals surface area contributed by atoms with Crippen molar-refractivity contribution < 1.29 is 14.6 Å². The van der Waals surface area contributed by atoms with Gasteiger partial charge in [0.15, 0.2) is 0 Å². The summed E-state index contributed by atoms with van der Waals surface area (Å²) in [7, 11) is 0.605. The normalized spacial score (nSPS) is 50.2. The Balaban J connectivity index is 1.70. The van der Waals surface area contributed by atoms with Gasteiger partial charge in [-0.05, 0) is 88.1 Å².